The average molecular weight is 204 g/mol. The summed E-state index contributed by atoms with van der Waals surface area (Å²) < 4.78 is 5.68. The maximum Gasteiger partial charge on any atom is 0.129 e. The summed E-state index contributed by atoms with van der Waals surface area (Å²) in [5, 5.41) is 9.88. The van der Waals surface area contributed by atoms with Gasteiger partial charge in [0.25, 0.3) is 0 Å². The summed E-state index contributed by atoms with van der Waals surface area (Å²) in [5.74, 6) is 0.917. The van der Waals surface area contributed by atoms with Gasteiger partial charge in [-0.3, -0.25) is 0 Å². The van der Waals surface area contributed by atoms with Crippen LogP contribution < -0.4 is 4.74 Å². The van der Waals surface area contributed by atoms with Crippen molar-refractivity contribution in [3.8, 4) is 5.75 Å². The molecule has 2 rings (SSSR count). The molecular formula is C13H16O2. The van der Waals surface area contributed by atoms with E-state index in [0.717, 1.165) is 25.0 Å². The summed E-state index contributed by atoms with van der Waals surface area (Å²) >= 11 is 0. The second-order valence-electron chi connectivity index (χ2n) is 3.90. The van der Waals surface area contributed by atoms with E-state index in [4.69, 9.17) is 4.74 Å². The number of aliphatic hydroxyl groups excluding tert-OH is 1. The molecule has 2 unspecified atom stereocenters. The minimum absolute atomic E-state index is 0.0812. The molecule has 0 saturated carbocycles. The van der Waals surface area contributed by atoms with Crippen LogP contribution in [0, 0.1) is 0 Å². The van der Waals surface area contributed by atoms with Crippen LogP contribution in [0.25, 0.3) is 0 Å². The first-order chi connectivity index (χ1) is 7.31. The molecule has 0 aromatic heterocycles. The van der Waals surface area contributed by atoms with E-state index in [-0.39, 0.29) is 6.10 Å². The molecule has 2 heteroatoms. The number of aliphatic hydroxyl groups is 1. The fourth-order valence-electron chi connectivity index (χ4n) is 1.90. The molecule has 0 saturated heterocycles. The van der Waals surface area contributed by atoms with Crippen molar-refractivity contribution in [2.75, 3.05) is 0 Å². The number of benzene rings is 1. The summed E-state index contributed by atoms with van der Waals surface area (Å²) in [7, 11) is 0. The summed E-state index contributed by atoms with van der Waals surface area (Å²) in [5.41, 5.74) is 1.19. The van der Waals surface area contributed by atoms with Gasteiger partial charge in [0, 0.05) is 6.42 Å². The molecule has 0 radical (unpaired) electrons. The van der Waals surface area contributed by atoms with Gasteiger partial charge in [-0.15, -0.1) is 6.58 Å². The molecule has 1 heterocycles. The lowest BCUT2D eigenvalue weighted by Crippen LogP contribution is -2.29. The van der Waals surface area contributed by atoms with Crippen molar-refractivity contribution in [1.29, 1.82) is 0 Å². The monoisotopic (exact) mass is 204 g/mol. The molecule has 80 valence electrons. The largest absolute Gasteiger partial charge is 0.487 e. The second-order valence-corrected chi connectivity index (χ2v) is 3.90. The van der Waals surface area contributed by atoms with Crippen molar-refractivity contribution in [2.24, 2.45) is 0 Å². The van der Waals surface area contributed by atoms with Crippen LogP contribution in [0.4, 0.5) is 0 Å². The standard InChI is InChI=1S/C13H16O2/c1-2-3-7-11(14)13-9-10-6-4-5-8-12(10)15-13/h2,4-6,8,11,13-14H,1,3,7,9H2. The van der Waals surface area contributed by atoms with E-state index in [9.17, 15) is 5.11 Å². The SMILES string of the molecule is C=CCCC(O)C1Cc2ccccc2O1. The predicted molar refractivity (Wildman–Crippen MR) is 60.0 cm³/mol. The van der Waals surface area contributed by atoms with Crippen molar-refractivity contribution in [3.63, 3.8) is 0 Å². The van der Waals surface area contributed by atoms with Gasteiger partial charge >= 0.3 is 0 Å². The van der Waals surface area contributed by atoms with Gasteiger partial charge in [0.1, 0.15) is 11.9 Å². The van der Waals surface area contributed by atoms with Crippen LogP contribution >= 0.6 is 0 Å². The van der Waals surface area contributed by atoms with Gasteiger partial charge in [-0.25, -0.2) is 0 Å². The maximum atomic E-state index is 9.88. The van der Waals surface area contributed by atoms with Crippen molar-refractivity contribution in [1.82, 2.24) is 0 Å². The Hall–Kier alpha value is -1.28. The Kier molecular flexibility index (Phi) is 3.07. The minimum Gasteiger partial charge on any atom is -0.487 e. The van der Waals surface area contributed by atoms with Gasteiger partial charge in [-0.1, -0.05) is 24.3 Å². The second kappa shape index (κ2) is 4.49. The van der Waals surface area contributed by atoms with Gasteiger partial charge in [-0.2, -0.15) is 0 Å². The topological polar surface area (TPSA) is 29.5 Å². The molecule has 0 spiro atoms. The normalized spacial score (nSPS) is 20.5. The van der Waals surface area contributed by atoms with Crippen molar-refractivity contribution >= 4 is 0 Å². The molecule has 1 aromatic rings. The Labute approximate surface area is 90.2 Å². The molecule has 0 aliphatic carbocycles. The number of hydrogen-bond donors (Lipinski definition) is 1. The lowest BCUT2D eigenvalue weighted by molar-refractivity contribution is 0.0447. The molecule has 0 amide bonds. The summed E-state index contributed by atoms with van der Waals surface area (Å²) in [6.45, 7) is 3.65. The van der Waals surface area contributed by atoms with Crippen LogP contribution in [0.1, 0.15) is 18.4 Å². The maximum absolute atomic E-state index is 9.88. The number of allylic oxidation sites excluding steroid dienone is 1. The Balaban J connectivity index is 1.97. The summed E-state index contributed by atoms with van der Waals surface area (Å²) in [4.78, 5) is 0. The highest BCUT2D eigenvalue weighted by molar-refractivity contribution is 5.37. The van der Waals surface area contributed by atoms with Crippen molar-refractivity contribution in [2.45, 2.75) is 31.5 Å². The van der Waals surface area contributed by atoms with Crippen LogP contribution in [0.3, 0.4) is 0 Å². The first-order valence-corrected chi connectivity index (χ1v) is 5.35. The third-order valence-electron chi connectivity index (χ3n) is 2.77. The highest BCUT2D eigenvalue weighted by Crippen LogP contribution is 2.30. The molecule has 1 aromatic carbocycles. The molecule has 0 fully saturated rings. The van der Waals surface area contributed by atoms with Gasteiger partial charge in [0.05, 0.1) is 6.10 Å². The van der Waals surface area contributed by atoms with Crippen LogP contribution in [0.5, 0.6) is 5.75 Å². The van der Waals surface area contributed by atoms with Crippen LogP contribution in [-0.4, -0.2) is 17.3 Å². The van der Waals surface area contributed by atoms with Gasteiger partial charge in [-0.05, 0) is 24.5 Å². The number of para-hydroxylation sites is 1. The average Bonchev–Trinajstić information content (AvgIpc) is 2.69. The predicted octanol–water partition coefficient (Wildman–Crippen LogP) is 2.32. The summed E-state index contributed by atoms with van der Waals surface area (Å²) in [6.07, 6.45) is 3.72. The number of hydrogen-bond acceptors (Lipinski definition) is 2. The quantitative estimate of drug-likeness (QED) is 0.763. The van der Waals surface area contributed by atoms with Crippen molar-refractivity contribution < 1.29 is 9.84 Å². The third kappa shape index (κ3) is 2.21. The Morgan fingerprint density at radius 3 is 3.07 bits per heavy atom. The first-order valence-electron chi connectivity index (χ1n) is 5.35. The zero-order valence-corrected chi connectivity index (χ0v) is 8.73. The van der Waals surface area contributed by atoms with Gasteiger partial charge < -0.3 is 9.84 Å². The van der Waals surface area contributed by atoms with E-state index in [2.05, 4.69) is 12.6 Å². The van der Waals surface area contributed by atoms with Gasteiger partial charge in [0.15, 0.2) is 0 Å². The molecule has 1 aliphatic rings. The zero-order chi connectivity index (χ0) is 10.7. The Morgan fingerprint density at radius 2 is 2.33 bits per heavy atom. The van der Waals surface area contributed by atoms with E-state index in [1.165, 1.54) is 5.56 Å². The molecular weight excluding hydrogens is 188 g/mol. The van der Waals surface area contributed by atoms with E-state index in [1.54, 1.807) is 0 Å². The summed E-state index contributed by atoms with van der Waals surface area (Å²) in [6, 6.07) is 7.96. The van der Waals surface area contributed by atoms with Gasteiger partial charge in [0.2, 0.25) is 0 Å². The lowest BCUT2D eigenvalue weighted by Gasteiger charge is -2.17. The highest BCUT2D eigenvalue weighted by Gasteiger charge is 2.28. The molecule has 15 heavy (non-hydrogen) atoms. The molecule has 2 nitrogen and oxygen atoms in total. The van der Waals surface area contributed by atoms with E-state index in [1.807, 2.05) is 24.3 Å². The molecule has 1 N–H and O–H groups in total. The van der Waals surface area contributed by atoms with Crippen LogP contribution in [0.15, 0.2) is 36.9 Å². The molecule has 2 atom stereocenters. The van der Waals surface area contributed by atoms with Crippen molar-refractivity contribution in [3.05, 3.63) is 42.5 Å². The Morgan fingerprint density at radius 1 is 1.53 bits per heavy atom. The van der Waals surface area contributed by atoms with Crippen LogP contribution in [-0.2, 0) is 6.42 Å². The highest BCUT2D eigenvalue weighted by atomic mass is 16.5. The molecule has 0 bridgehead atoms. The number of ether oxygens (including phenoxy) is 1. The lowest BCUT2D eigenvalue weighted by atomic mass is 10.0. The first kappa shape index (κ1) is 10.2. The zero-order valence-electron chi connectivity index (χ0n) is 8.73. The minimum atomic E-state index is -0.393. The fourth-order valence-corrected chi connectivity index (χ4v) is 1.90. The van der Waals surface area contributed by atoms with E-state index in [0.29, 0.717) is 0 Å². The third-order valence-corrected chi connectivity index (χ3v) is 2.77. The van der Waals surface area contributed by atoms with Crippen LogP contribution in [0.2, 0.25) is 0 Å². The number of fused-ring (bicyclic) bond motifs is 1. The fraction of sp³-hybridized carbons (Fsp3) is 0.385. The number of rotatable bonds is 4. The smallest absolute Gasteiger partial charge is 0.129 e. The Bertz CT molecular complexity index is 321. The van der Waals surface area contributed by atoms with E-state index < -0.39 is 6.10 Å². The molecule has 1 aliphatic heterocycles. The van der Waals surface area contributed by atoms with E-state index >= 15 is 0 Å².